The van der Waals surface area contributed by atoms with Gasteiger partial charge in [0.25, 0.3) is 11.6 Å². The van der Waals surface area contributed by atoms with Gasteiger partial charge < -0.3 is 10.1 Å². The van der Waals surface area contributed by atoms with E-state index in [-0.39, 0.29) is 17.2 Å². The lowest BCUT2D eigenvalue weighted by Crippen LogP contribution is -2.24. The molecule has 1 amide bonds. The molecule has 0 aliphatic heterocycles. The number of ether oxygens (including phenoxy) is 1. The number of unbranched alkanes of at least 4 members (excludes halogenated alkanes) is 1. The van der Waals surface area contributed by atoms with Crippen molar-refractivity contribution in [1.29, 1.82) is 0 Å². The van der Waals surface area contributed by atoms with E-state index in [2.05, 4.69) is 10.0 Å². The van der Waals surface area contributed by atoms with Crippen molar-refractivity contribution in [2.45, 2.75) is 31.6 Å². The molecule has 0 aliphatic carbocycles. The average molecular weight is 421 g/mol. The molecule has 2 aromatic carbocycles. The van der Waals surface area contributed by atoms with Gasteiger partial charge in [0, 0.05) is 12.6 Å². The number of sulfonamides is 1. The SMILES string of the molecule is CCCCNS(=O)(=O)c1ccc(OCC(=O)Nc2cccc([N+](=O)[O-])c2C)cc1. The number of benzene rings is 2. The van der Waals surface area contributed by atoms with Crippen LogP contribution in [0.15, 0.2) is 47.4 Å². The maximum Gasteiger partial charge on any atom is 0.274 e. The molecule has 0 aromatic heterocycles. The number of nitro benzene ring substituents is 1. The van der Waals surface area contributed by atoms with E-state index in [9.17, 15) is 23.3 Å². The Morgan fingerprint density at radius 1 is 1.17 bits per heavy atom. The van der Waals surface area contributed by atoms with Crippen molar-refractivity contribution < 1.29 is 22.9 Å². The summed E-state index contributed by atoms with van der Waals surface area (Å²) in [5.41, 5.74) is 0.580. The molecule has 2 rings (SSSR count). The van der Waals surface area contributed by atoms with Gasteiger partial charge in [0.1, 0.15) is 5.75 Å². The number of nitro groups is 1. The third kappa shape index (κ3) is 6.26. The van der Waals surface area contributed by atoms with Gasteiger partial charge in [-0.15, -0.1) is 0 Å². The number of carbonyl (C=O) groups is 1. The van der Waals surface area contributed by atoms with Crippen LogP contribution >= 0.6 is 0 Å². The first kappa shape index (κ1) is 22.3. The van der Waals surface area contributed by atoms with Crippen LogP contribution in [0.25, 0.3) is 0 Å². The maximum atomic E-state index is 12.1. The molecule has 2 N–H and O–H groups in total. The predicted molar refractivity (Wildman–Crippen MR) is 108 cm³/mol. The molecule has 0 spiro atoms. The predicted octanol–water partition coefficient (Wildman–Crippen LogP) is 3.00. The van der Waals surface area contributed by atoms with E-state index in [0.717, 1.165) is 12.8 Å². The summed E-state index contributed by atoms with van der Waals surface area (Å²) in [4.78, 5) is 22.6. The lowest BCUT2D eigenvalue weighted by molar-refractivity contribution is -0.385. The van der Waals surface area contributed by atoms with Crippen LogP contribution in [0.5, 0.6) is 5.75 Å². The highest BCUT2D eigenvalue weighted by atomic mass is 32.2. The molecule has 0 atom stereocenters. The van der Waals surface area contributed by atoms with Crippen LogP contribution in [-0.4, -0.2) is 32.4 Å². The molecule has 0 unspecified atom stereocenters. The number of hydrogen-bond donors (Lipinski definition) is 2. The third-order valence-electron chi connectivity index (χ3n) is 4.10. The summed E-state index contributed by atoms with van der Waals surface area (Å²) < 4.78 is 32.1. The first-order valence-electron chi connectivity index (χ1n) is 9.01. The normalized spacial score (nSPS) is 11.1. The van der Waals surface area contributed by atoms with Crippen LogP contribution in [0.3, 0.4) is 0 Å². The molecule has 2 aromatic rings. The van der Waals surface area contributed by atoms with Crippen LogP contribution in [0.4, 0.5) is 11.4 Å². The minimum atomic E-state index is -3.58. The third-order valence-corrected chi connectivity index (χ3v) is 5.58. The van der Waals surface area contributed by atoms with Gasteiger partial charge in [-0.3, -0.25) is 14.9 Å². The second kappa shape index (κ2) is 9.99. The van der Waals surface area contributed by atoms with Gasteiger partial charge in [-0.2, -0.15) is 0 Å². The van der Waals surface area contributed by atoms with Gasteiger partial charge in [-0.05, 0) is 43.7 Å². The standard InChI is InChI=1S/C19H23N3O6S/c1-3-4-12-20-29(26,27)16-10-8-15(9-11-16)28-13-19(23)21-17-6-5-7-18(14(17)2)22(24)25/h5-11,20H,3-4,12-13H2,1-2H3,(H,21,23). The van der Waals surface area contributed by atoms with E-state index in [1.54, 1.807) is 13.0 Å². The molecule has 0 saturated carbocycles. The van der Waals surface area contributed by atoms with Crippen molar-refractivity contribution >= 4 is 27.3 Å². The van der Waals surface area contributed by atoms with Crippen molar-refractivity contribution in [1.82, 2.24) is 4.72 Å². The van der Waals surface area contributed by atoms with Gasteiger partial charge in [0.2, 0.25) is 10.0 Å². The van der Waals surface area contributed by atoms with Gasteiger partial charge in [-0.1, -0.05) is 19.4 Å². The smallest absolute Gasteiger partial charge is 0.274 e. The largest absolute Gasteiger partial charge is 0.484 e. The highest BCUT2D eigenvalue weighted by molar-refractivity contribution is 7.89. The highest BCUT2D eigenvalue weighted by Gasteiger charge is 2.16. The Labute approximate surface area is 169 Å². The first-order chi connectivity index (χ1) is 13.7. The summed E-state index contributed by atoms with van der Waals surface area (Å²) in [6, 6.07) is 10.1. The molecular formula is C19H23N3O6S. The number of rotatable bonds is 10. The van der Waals surface area contributed by atoms with E-state index < -0.39 is 20.9 Å². The quantitative estimate of drug-likeness (QED) is 0.345. The van der Waals surface area contributed by atoms with Crippen molar-refractivity contribution in [2.24, 2.45) is 0 Å². The topological polar surface area (TPSA) is 128 Å². The number of amides is 1. The van der Waals surface area contributed by atoms with Crippen molar-refractivity contribution in [3.63, 3.8) is 0 Å². The van der Waals surface area contributed by atoms with Crippen LogP contribution in [-0.2, 0) is 14.8 Å². The summed E-state index contributed by atoms with van der Waals surface area (Å²) in [7, 11) is -3.58. The first-order valence-corrected chi connectivity index (χ1v) is 10.5. The Morgan fingerprint density at radius 2 is 1.86 bits per heavy atom. The summed E-state index contributed by atoms with van der Waals surface area (Å²) >= 11 is 0. The van der Waals surface area contributed by atoms with Gasteiger partial charge >= 0.3 is 0 Å². The molecule has 10 heteroatoms. The molecule has 0 bridgehead atoms. The molecule has 156 valence electrons. The Morgan fingerprint density at radius 3 is 2.48 bits per heavy atom. The van der Waals surface area contributed by atoms with Crippen molar-refractivity contribution in [3.05, 3.63) is 58.1 Å². The monoisotopic (exact) mass is 421 g/mol. The summed E-state index contributed by atoms with van der Waals surface area (Å²) in [6.45, 7) is 3.55. The fourth-order valence-electron chi connectivity index (χ4n) is 2.47. The zero-order valence-electron chi connectivity index (χ0n) is 16.2. The van der Waals surface area contributed by atoms with E-state index in [4.69, 9.17) is 4.74 Å². The molecular weight excluding hydrogens is 398 g/mol. The summed E-state index contributed by atoms with van der Waals surface area (Å²) in [5.74, 6) is -0.171. The number of nitrogens with zero attached hydrogens (tertiary/aromatic N) is 1. The minimum Gasteiger partial charge on any atom is -0.484 e. The molecule has 0 radical (unpaired) electrons. The van der Waals surface area contributed by atoms with Crippen LogP contribution in [0, 0.1) is 17.0 Å². The number of anilines is 1. The Balaban J connectivity index is 1.94. The van der Waals surface area contributed by atoms with Crippen molar-refractivity contribution in [2.75, 3.05) is 18.5 Å². The van der Waals surface area contributed by atoms with E-state index >= 15 is 0 Å². The summed E-state index contributed by atoms with van der Waals surface area (Å²) in [5, 5.41) is 13.5. The second-order valence-electron chi connectivity index (χ2n) is 6.27. The zero-order chi connectivity index (χ0) is 21.4. The lowest BCUT2D eigenvalue weighted by Gasteiger charge is -2.10. The maximum absolute atomic E-state index is 12.1. The Kier molecular flexibility index (Phi) is 7.68. The molecule has 0 fully saturated rings. The lowest BCUT2D eigenvalue weighted by atomic mass is 10.1. The fraction of sp³-hybridized carbons (Fsp3) is 0.316. The van der Waals surface area contributed by atoms with Crippen LogP contribution in [0.1, 0.15) is 25.3 Å². The Bertz CT molecular complexity index is 974. The highest BCUT2D eigenvalue weighted by Crippen LogP contribution is 2.25. The minimum absolute atomic E-state index is 0.0898. The van der Waals surface area contributed by atoms with Gasteiger partial charge in [0.05, 0.1) is 21.1 Å². The molecule has 9 nitrogen and oxygen atoms in total. The summed E-state index contributed by atoms with van der Waals surface area (Å²) in [6.07, 6.45) is 1.63. The number of carbonyl (C=O) groups excluding carboxylic acids is 1. The number of hydrogen-bond acceptors (Lipinski definition) is 6. The molecule has 0 saturated heterocycles. The van der Waals surface area contributed by atoms with E-state index in [1.807, 2.05) is 6.92 Å². The van der Waals surface area contributed by atoms with Crippen molar-refractivity contribution in [3.8, 4) is 5.75 Å². The molecule has 0 aliphatic rings. The van der Waals surface area contributed by atoms with Crippen LogP contribution in [0.2, 0.25) is 0 Å². The zero-order valence-corrected chi connectivity index (χ0v) is 17.0. The number of nitrogens with one attached hydrogen (secondary N) is 2. The van der Waals surface area contributed by atoms with Gasteiger partial charge in [0.15, 0.2) is 6.61 Å². The van der Waals surface area contributed by atoms with E-state index in [1.165, 1.54) is 36.4 Å². The van der Waals surface area contributed by atoms with E-state index in [0.29, 0.717) is 23.5 Å². The fourth-order valence-corrected chi connectivity index (χ4v) is 3.55. The van der Waals surface area contributed by atoms with Crippen LogP contribution < -0.4 is 14.8 Å². The van der Waals surface area contributed by atoms with Gasteiger partial charge in [-0.25, -0.2) is 13.1 Å². The second-order valence-corrected chi connectivity index (χ2v) is 8.03. The molecule has 29 heavy (non-hydrogen) atoms. The molecule has 0 heterocycles. The average Bonchev–Trinajstić information content (AvgIpc) is 2.68. The Hall–Kier alpha value is -2.98.